The molecule has 0 saturated carbocycles. The van der Waals surface area contributed by atoms with E-state index in [4.69, 9.17) is 34.4 Å². The smallest absolute Gasteiger partial charge is 0.245 e. The molecule has 24 N–H and O–H groups in total. The lowest BCUT2D eigenvalue weighted by Crippen LogP contribution is -2.61. The van der Waals surface area contributed by atoms with Gasteiger partial charge in [-0.15, -0.1) is 0 Å². The van der Waals surface area contributed by atoms with Crippen molar-refractivity contribution in [2.75, 3.05) is 39.3 Å². The molecular weight excluding hydrogens is 1440 g/mol. The number of nitrogens with zero attached hydrogens (tertiary/aromatic N) is 1. The highest BCUT2D eigenvalue weighted by Crippen LogP contribution is 2.23. The van der Waals surface area contributed by atoms with E-state index >= 15 is 4.79 Å². The van der Waals surface area contributed by atoms with Crippen LogP contribution < -0.4 is 98.2 Å². The third-order valence-corrected chi connectivity index (χ3v) is 19.2. The summed E-state index contributed by atoms with van der Waals surface area (Å²) in [7, 11) is 0. The second-order valence-corrected chi connectivity index (χ2v) is 33.3. The average Bonchev–Trinajstić information content (AvgIpc) is 1.41. The van der Waals surface area contributed by atoms with Crippen molar-refractivity contribution in [1.29, 1.82) is 0 Å². The molecule has 1 aliphatic rings. The topological polar surface area (TPSA) is 543 Å². The van der Waals surface area contributed by atoms with Gasteiger partial charge in [0.15, 0.2) is 0 Å². The number of unbranched alkanes of at least 4 members (excludes halogenated alkanes) is 5. The van der Waals surface area contributed by atoms with Crippen LogP contribution in [-0.4, -0.2) is 205 Å². The molecule has 1 fully saturated rings. The molecule has 0 aromatic carbocycles. The highest BCUT2D eigenvalue weighted by molar-refractivity contribution is 6.00. The number of carbonyl (C=O) groups excluding carboxylic acids is 14. The van der Waals surface area contributed by atoms with Crippen LogP contribution in [-0.2, 0) is 67.1 Å². The van der Waals surface area contributed by atoms with Crippen LogP contribution in [0.4, 0.5) is 0 Å². The van der Waals surface area contributed by atoms with Gasteiger partial charge < -0.3 is 103 Å². The summed E-state index contributed by atoms with van der Waals surface area (Å²) in [6.45, 7) is 28.9. The van der Waals surface area contributed by atoms with E-state index in [1.807, 2.05) is 96.9 Å². The second kappa shape index (κ2) is 55.8. The molecule has 1 aliphatic heterocycles. The van der Waals surface area contributed by atoms with Crippen molar-refractivity contribution >= 4 is 82.7 Å². The van der Waals surface area contributed by atoms with Gasteiger partial charge in [-0.05, 0) is 228 Å². The van der Waals surface area contributed by atoms with Gasteiger partial charge in [0.05, 0.1) is 0 Å². The van der Waals surface area contributed by atoms with Crippen LogP contribution in [0.5, 0.6) is 0 Å². The normalized spacial score (nSPS) is 16.2. The standard InChI is InChI=1S/C79H149N19O14/c1-46(2)39-59(86-53(15)99)71(104)94-61(41-48(5)6)73(106)89-56(29-18-23-35-82)69(102)93-64(44-51(11)12)77(110)96-62(42-49(7)8)74(107)88-55(28-17-22-34-81)68(101)91-58(31-20-25-37-84)79(112)98-38-26-32-66(98)78(111)97-65(45-52(13)14)75(108)90-57(30-19-24-36-83)70(103)92-63(43-50(9)10)76(109)95-60(40-47(3)4)72(105)87-54(67(85)100)27-16-21-33-80/h46-52,54-66H,16-45,80-84H2,1-15H3,(H2,85,100)(H,86,99)(H,87,105)(H,88,107)(H,89,106)(H,90,108)(H,91,101)(H,92,103)(H,93,102)(H,94,104)(H,95,109)(H,96,110)(H,97,111)/t54-,55-,56-,57-,58-,59-,60-,61-,62-,63-,64-,65-,66-/m0/s1. The molecule has 112 heavy (non-hydrogen) atoms. The van der Waals surface area contributed by atoms with E-state index in [9.17, 15) is 62.3 Å². The first-order valence-electron chi connectivity index (χ1n) is 41.5. The molecule has 0 bridgehead atoms. The highest BCUT2D eigenvalue weighted by atomic mass is 16.2. The number of likely N-dealkylation sites (tertiary alicyclic amines) is 1. The number of nitrogens with one attached hydrogen (secondary N) is 12. The van der Waals surface area contributed by atoms with E-state index in [0.717, 1.165) is 0 Å². The van der Waals surface area contributed by atoms with Gasteiger partial charge in [0.2, 0.25) is 82.7 Å². The van der Waals surface area contributed by atoms with Crippen molar-refractivity contribution in [3.8, 4) is 0 Å². The SMILES string of the molecule is CC(=O)N[C@@H](CC(C)C)C(=O)N[C@@H](CC(C)C)C(=O)N[C@@H](CCCCN)C(=O)N[C@@H](CC(C)C)C(=O)N[C@@H](CC(C)C)C(=O)N[C@@H](CCCCN)C(=O)N[C@@H](CCCCN)C(=O)N1CCC[C@H]1C(=O)N[C@@H](CC(C)C)C(=O)N[C@@H](CCCCN)C(=O)N[C@@H](CC(C)C)C(=O)N[C@@H](CC(C)C)C(=O)N[C@@H](CCCCN)C(N)=O. The van der Waals surface area contributed by atoms with Crippen LogP contribution in [0.25, 0.3) is 0 Å². The second-order valence-electron chi connectivity index (χ2n) is 33.3. The van der Waals surface area contributed by atoms with Crippen molar-refractivity contribution < 1.29 is 67.1 Å². The Kier molecular flexibility index (Phi) is 51.0. The quantitative estimate of drug-likeness (QED) is 0.0381. The first-order valence-corrected chi connectivity index (χ1v) is 41.5. The maximum atomic E-state index is 15.1. The van der Waals surface area contributed by atoms with Crippen LogP contribution in [0.2, 0.25) is 0 Å². The zero-order chi connectivity index (χ0) is 84.9. The van der Waals surface area contributed by atoms with Crippen LogP contribution >= 0.6 is 0 Å². The molecule has 0 spiro atoms. The molecule has 0 radical (unpaired) electrons. The molecule has 14 amide bonds. The zero-order valence-corrected chi connectivity index (χ0v) is 70.4. The Balaban J connectivity index is 3.70. The molecule has 1 rings (SSSR count). The third-order valence-electron chi connectivity index (χ3n) is 19.2. The van der Waals surface area contributed by atoms with Crippen LogP contribution in [0, 0.1) is 41.4 Å². The minimum Gasteiger partial charge on any atom is -0.368 e. The van der Waals surface area contributed by atoms with Crippen molar-refractivity contribution in [2.24, 2.45) is 75.8 Å². The van der Waals surface area contributed by atoms with Crippen molar-refractivity contribution in [2.45, 2.75) is 336 Å². The fourth-order valence-corrected chi connectivity index (χ4v) is 13.5. The van der Waals surface area contributed by atoms with Gasteiger partial charge in [0.1, 0.15) is 78.5 Å². The van der Waals surface area contributed by atoms with E-state index in [-0.39, 0.29) is 145 Å². The first-order chi connectivity index (χ1) is 52.7. The monoisotopic (exact) mass is 1590 g/mol. The van der Waals surface area contributed by atoms with Crippen molar-refractivity contribution in [3.63, 3.8) is 0 Å². The number of primary amides is 1. The zero-order valence-electron chi connectivity index (χ0n) is 70.4. The largest absolute Gasteiger partial charge is 0.368 e. The Bertz CT molecular complexity index is 2920. The van der Waals surface area contributed by atoms with Crippen LogP contribution in [0.3, 0.4) is 0 Å². The fraction of sp³-hybridized carbons (Fsp3) is 0.823. The molecule has 1 saturated heterocycles. The summed E-state index contributed by atoms with van der Waals surface area (Å²) in [4.78, 5) is 200. The molecule has 1 heterocycles. The Morgan fingerprint density at radius 1 is 0.286 bits per heavy atom. The Labute approximate surface area is 667 Å². The maximum absolute atomic E-state index is 15.1. The molecule has 33 heteroatoms. The fourth-order valence-electron chi connectivity index (χ4n) is 13.5. The van der Waals surface area contributed by atoms with Gasteiger partial charge in [0.25, 0.3) is 0 Å². The summed E-state index contributed by atoms with van der Waals surface area (Å²) in [5.41, 5.74) is 34.9. The summed E-state index contributed by atoms with van der Waals surface area (Å²) in [5.74, 6) is -10.0. The summed E-state index contributed by atoms with van der Waals surface area (Å²) < 4.78 is 0. The molecule has 0 unspecified atom stereocenters. The van der Waals surface area contributed by atoms with E-state index in [0.29, 0.717) is 90.1 Å². The average molecular weight is 1590 g/mol. The van der Waals surface area contributed by atoms with Crippen LogP contribution in [0.1, 0.15) is 258 Å². The Morgan fingerprint density at radius 2 is 0.491 bits per heavy atom. The van der Waals surface area contributed by atoms with Gasteiger partial charge in [-0.2, -0.15) is 0 Å². The van der Waals surface area contributed by atoms with Gasteiger partial charge in [-0.3, -0.25) is 67.1 Å². The molecule has 0 aliphatic carbocycles. The molecular formula is C79H149N19O14. The summed E-state index contributed by atoms with van der Waals surface area (Å²) in [6.07, 6.45) is 6.89. The van der Waals surface area contributed by atoms with Crippen molar-refractivity contribution in [1.82, 2.24) is 68.7 Å². The molecule has 0 aromatic heterocycles. The van der Waals surface area contributed by atoms with E-state index in [2.05, 4.69) is 63.8 Å². The van der Waals surface area contributed by atoms with Crippen molar-refractivity contribution in [3.05, 3.63) is 0 Å². The molecule has 644 valence electrons. The predicted octanol–water partition coefficient (Wildman–Crippen LogP) is 1.27. The van der Waals surface area contributed by atoms with Gasteiger partial charge >= 0.3 is 0 Å². The summed E-state index contributed by atoms with van der Waals surface area (Å²) in [5, 5.41) is 33.7. The minimum atomic E-state index is -1.27. The van der Waals surface area contributed by atoms with Gasteiger partial charge in [0, 0.05) is 13.5 Å². The predicted molar refractivity (Wildman–Crippen MR) is 433 cm³/mol. The number of carbonyl (C=O) groups is 14. The highest BCUT2D eigenvalue weighted by Gasteiger charge is 2.42. The number of hydrogen-bond donors (Lipinski definition) is 18. The minimum absolute atomic E-state index is 0.0225. The molecule has 33 nitrogen and oxygen atoms in total. The van der Waals surface area contributed by atoms with E-state index in [1.54, 1.807) is 0 Å². The lowest BCUT2D eigenvalue weighted by molar-refractivity contribution is -0.143. The molecule has 13 atom stereocenters. The number of hydrogen-bond acceptors (Lipinski definition) is 19. The van der Waals surface area contributed by atoms with Gasteiger partial charge in [-0.1, -0.05) is 96.9 Å². The number of nitrogens with two attached hydrogens (primary N) is 6. The summed E-state index contributed by atoms with van der Waals surface area (Å²) in [6, 6.07) is -15.1. The molecule has 0 aromatic rings. The lowest BCUT2D eigenvalue weighted by atomic mass is 9.98. The Hall–Kier alpha value is -7.62. The van der Waals surface area contributed by atoms with Crippen LogP contribution in [0.15, 0.2) is 0 Å². The number of amides is 14. The maximum Gasteiger partial charge on any atom is 0.245 e. The van der Waals surface area contributed by atoms with Gasteiger partial charge in [-0.25, -0.2) is 0 Å². The first kappa shape index (κ1) is 102. The third kappa shape index (κ3) is 41.4. The Morgan fingerprint density at radius 3 is 0.732 bits per heavy atom. The summed E-state index contributed by atoms with van der Waals surface area (Å²) >= 11 is 0. The van der Waals surface area contributed by atoms with E-state index < -0.39 is 161 Å². The lowest BCUT2D eigenvalue weighted by Gasteiger charge is -2.32. The van der Waals surface area contributed by atoms with E-state index in [1.165, 1.54) is 11.8 Å². The number of rotatable bonds is 59.